The van der Waals surface area contributed by atoms with Crippen molar-refractivity contribution in [3.8, 4) is 5.75 Å². The van der Waals surface area contributed by atoms with Crippen LogP contribution in [-0.4, -0.2) is 31.1 Å². The van der Waals surface area contributed by atoms with Gasteiger partial charge in [0.15, 0.2) is 0 Å². The molecule has 1 aromatic rings. The SMILES string of the molecule is CN(CCN)Cc1ccccc1OC1CCCCC1.Cl.Cl. The molecule has 0 heterocycles. The van der Waals surface area contributed by atoms with E-state index in [9.17, 15) is 0 Å². The number of nitrogens with two attached hydrogens (primary N) is 1. The molecular formula is C16H28Cl2N2O. The zero-order valence-electron chi connectivity index (χ0n) is 12.8. The molecule has 1 aliphatic rings. The van der Waals surface area contributed by atoms with E-state index in [1.807, 2.05) is 0 Å². The Morgan fingerprint density at radius 2 is 1.81 bits per heavy atom. The summed E-state index contributed by atoms with van der Waals surface area (Å²) in [4.78, 5) is 2.24. The van der Waals surface area contributed by atoms with Gasteiger partial charge >= 0.3 is 0 Å². The van der Waals surface area contributed by atoms with E-state index >= 15 is 0 Å². The number of halogens is 2. The van der Waals surface area contributed by atoms with Crippen molar-refractivity contribution in [3.05, 3.63) is 29.8 Å². The maximum absolute atomic E-state index is 6.21. The minimum absolute atomic E-state index is 0. The lowest BCUT2D eigenvalue weighted by Gasteiger charge is -2.25. The number of likely N-dealkylation sites (N-methyl/N-ethyl adjacent to an activating group) is 1. The van der Waals surface area contributed by atoms with Gasteiger partial charge in [0.1, 0.15) is 5.75 Å². The van der Waals surface area contributed by atoms with Gasteiger partial charge in [0.2, 0.25) is 0 Å². The van der Waals surface area contributed by atoms with Gasteiger partial charge in [-0.1, -0.05) is 24.6 Å². The number of nitrogens with zero attached hydrogens (tertiary/aromatic N) is 1. The van der Waals surface area contributed by atoms with Gasteiger partial charge in [0.05, 0.1) is 6.10 Å². The van der Waals surface area contributed by atoms with Gasteiger partial charge in [-0.2, -0.15) is 0 Å². The Balaban J connectivity index is 0.00000200. The van der Waals surface area contributed by atoms with Crippen LogP contribution in [0.2, 0.25) is 0 Å². The van der Waals surface area contributed by atoms with Crippen LogP contribution >= 0.6 is 24.8 Å². The van der Waals surface area contributed by atoms with Crippen molar-refractivity contribution in [2.45, 2.75) is 44.8 Å². The van der Waals surface area contributed by atoms with Gasteiger partial charge in [-0.05, 0) is 38.8 Å². The molecule has 0 amide bonds. The molecule has 1 saturated carbocycles. The summed E-state index contributed by atoms with van der Waals surface area (Å²) < 4.78 is 6.21. The molecule has 0 unspecified atom stereocenters. The average Bonchev–Trinajstić information content (AvgIpc) is 2.42. The Morgan fingerprint density at radius 1 is 1.14 bits per heavy atom. The molecule has 5 heteroatoms. The summed E-state index contributed by atoms with van der Waals surface area (Å²) in [7, 11) is 2.10. The Kier molecular flexibility index (Phi) is 10.9. The Labute approximate surface area is 141 Å². The monoisotopic (exact) mass is 334 g/mol. The molecule has 0 aromatic heterocycles. The maximum Gasteiger partial charge on any atom is 0.124 e. The van der Waals surface area contributed by atoms with E-state index in [-0.39, 0.29) is 24.8 Å². The van der Waals surface area contributed by atoms with E-state index in [1.54, 1.807) is 0 Å². The number of rotatable bonds is 6. The molecule has 0 spiro atoms. The van der Waals surface area contributed by atoms with E-state index in [0.29, 0.717) is 12.6 Å². The summed E-state index contributed by atoms with van der Waals surface area (Å²) in [5.41, 5.74) is 6.87. The zero-order chi connectivity index (χ0) is 13.5. The van der Waals surface area contributed by atoms with E-state index in [0.717, 1.165) is 18.8 Å². The lowest BCUT2D eigenvalue weighted by Crippen LogP contribution is -2.26. The minimum Gasteiger partial charge on any atom is -0.490 e. The summed E-state index contributed by atoms with van der Waals surface area (Å²) in [5, 5.41) is 0. The van der Waals surface area contributed by atoms with Crippen LogP contribution in [0.25, 0.3) is 0 Å². The molecule has 0 saturated heterocycles. The van der Waals surface area contributed by atoms with Crippen molar-refractivity contribution in [3.63, 3.8) is 0 Å². The van der Waals surface area contributed by atoms with Crippen LogP contribution in [0.4, 0.5) is 0 Å². The van der Waals surface area contributed by atoms with Crippen LogP contribution in [0.3, 0.4) is 0 Å². The van der Waals surface area contributed by atoms with Crippen molar-refractivity contribution in [1.82, 2.24) is 4.90 Å². The first-order valence-electron chi connectivity index (χ1n) is 7.43. The van der Waals surface area contributed by atoms with Crippen LogP contribution in [0, 0.1) is 0 Å². The molecule has 0 bridgehead atoms. The molecule has 0 aliphatic heterocycles. The molecule has 122 valence electrons. The fraction of sp³-hybridized carbons (Fsp3) is 0.625. The first kappa shape index (κ1) is 20.5. The highest BCUT2D eigenvalue weighted by Crippen LogP contribution is 2.26. The normalized spacial score (nSPS) is 15.2. The molecule has 1 aliphatic carbocycles. The van der Waals surface area contributed by atoms with Gasteiger partial charge in [-0.25, -0.2) is 0 Å². The summed E-state index contributed by atoms with van der Waals surface area (Å²) in [6, 6.07) is 8.40. The van der Waals surface area contributed by atoms with Gasteiger partial charge in [0.25, 0.3) is 0 Å². The fourth-order valence-corrected chi connectivity index (χ4v) is 2.70. The van der Waals surface area contributed by atoms with E-state index in [2.05, 4.69) is 36.2 Å². The van der Waals surface area contributed by atoms with E-state index in [1.165, 1.54) is 37.7 Å². The molecule has 1 aromatic carbocycles. The maximum atomic E-state index is 6.21. The summed E-state index contributed by atoms with van der Waals surface area (Å²) in [6.07, 6.45) is 6.79. The predicted molar refractivity (Wildman–Crippen MR) is 93.8 cm³/mol. The molecule has 2 N–H and O–H groups in total. The van der Waals surface area contributed by atoms with Crippen molar-refractivity contribution in [2.75, 3.05) is 20.1 Å². The highest BCUT2D eigenvalue weighted by atomic mass is 35.5. The molecule has 3 nitrogen and oxygen atoms in total. The highest BCUT2D eigenvalue weighted by molar-refractivity contribution is 5.85. The van der Waals surface area contributed by atoms with Crippen molar-refractivity contribution in [2.24, 2.45) is 5.73 Å². The second-order valence-corrected chi connectivity index (χ2v) is 5.51. The van der Waals surface area contributed by atoms with Crippen molar-refractivity contribution < 1.29 is 4.74 Å². The van der Waals surface area contributed by atoms with Crippen LogP contribution in [0.1, 0.15) is 37.7 Å². The first-order valence-corrected chi connectivity index (χ1v) is 7.43. The topological polar surface area (TPSA) is 38.5 Å². The first-order chi connectivity index (χ1) is 9.29. The summed E-state index contributed by atoms with van der Waals surface area (Å²) in [6.45, 7) is 2.51. The molecule has 1 fully saturated rings. The number of ether oxygens (including phenoxy) is 1. The lowest BCUT2D eigenvalue weighted by molar-refractivity contribution is 0.152. The second kappa shape index (κ2) is 11.1. The molecule has 0 atom stereocenters. The Bertz CT molecular complexity index is 384. The van der Waals surface area contributed by atoms with Crippen molar-refractivity contribution >= 4 is 24.8 Å². The third-order valence-electron chi connectivity index (χ3n) is 3.77. The lowest BCUT2D eigenvalue weighted by atomic mass is 9.97. The van der Waals surface area contributed by atoms with E-state index < -0.39 is 0 Å². The quantitative estimate of drug-likeness (QED) is 0.863. The van der Waals surface area contributed by atoms with Gasteiger partial charge in [-0.15, -0.1) is 24.8 Å². The number of benzene rings is 1. The highest BCUT2D eigenvalue weighted by Gasteiger charge is 2.16. The second-order valence-electron chi connectivity index (χ2n) is 5.51. The zero-order valence-corrected chi connectivity index (χ0v) is 14.4. The Morgan fingerprint density at radius 3 is 2.48 bits per heavy atom. The number of hydrogen-bond donors (Lipinski definition) is 1. The van der Waals surface area contributed by atoms with Crippen LogP contribution < -0.4 is 10.5 Å². The fourth-order valence-electron chi connectivity index (χ4n) is 2.70. The standard InChI is InChI=1S/C16H26N2O.2ClH/c1-18(12-11-17)13-14-7-5-6-10-16(14)19-15-8-3-2-4-9-15;;/h5-7,10,15H,2-4,8-9,11-13,17H2,1H3;2*1H. The molecular weight excluding hydrogens is 307 g/mol. The Hall–Kier alpha value is -0.480. The number of hydrogen-bond acceptors (Lipinski definition) is 3. The van der Waals surface area contributed by atoms with Crippen LogP contribution in [0.5, 0.6) is 5.75 Å². The predicted octanol–water partition coefficient (Wildman–Crippen LogP) is 3.63. The van der Waals surface area contributed by atoms with Gasteiger partial charge < -0.3 is 15.4 Å². The largest absolute Gasteiger partial charge is 0.490 e. The van der Waals surface area contributed by atoms with E-state index in [4.69, 9.17) is 10.5 Å². The average molecular weight is 335 g/mol. The smallest absolute Gasteiger partial charge is 0.124 e. The number of para-hydroxylation sites is 1. The van der Waals surface area contributed by atoms with Crippen molar-refractivity contribution in [1.29, 1.82) is 0 Å². The minimum atomic E-state index is 0. The molecule has 0 radical (unpaired) electrons. The summed E-state index contributed by atoms with van der Waals surface area (Å²) >= 11 is 0. The molecule has 21 heavy (non-hydrogen) atoms. The third kappa shape index (κ3) is 6.88. The van der Waals surface area contributed by atoms with Gasteiger partial charge in [-0.3, -0.25) is 0 Å². The van der Waals surface area contributed by atoms with Crippen LogP contribution in [0.15, 0.2) is 24.3 Å². The molecule has 2 rings (SSSR count). The summed E-state index contributed by atoms with van der Waals surface area (Å²) in [5.74, 6) is 1.05. The van der Waals surface area contributed by atoms with Gasteiger partial charge in [0, 0.05) is 25.2 Å². The third-order valence-corrected chi connectivity index (χ3v) is 3.77. The van der Waals surface area contributed by atoms with Crippen LogP contribution in [-0.2, 0) is 6.54 Å².